The van der Waals surface area contributed by atoms with Gasteiger partial charge in [-0.2, -0.15) is 5.10 Å². The summed E-state index contributed by atoms with van der Waals surface area (Å²) in [4.78, 5) is 33.1. The maximum atomic E-state index is 11.8. The highest BCUT2D eigenvalue weighted by molar-refractivity contribution is 5.84. The molecule has 1 N–H and O–H groups in total. The zero-order valence-electron chi connectivity index (χ0n) is 15.1. The van der Waals surface area contributed by atoms with Crippen molar-refractivity contribution in [2.45, 2.75) is 6.92 Å². The number of ether oxygens (including phenoxy) is 3. The van der Waals surface area contributed by atoms with Gasteiger partial charge < -0.3 is 14.2 Å². The molecule has 0 aliphatic rings. The number of nitro groups is 1. The number of carbonyl (C=O) groups is 2. The Bertz CT molecular complexity index is 912. The number of esters is 1. The molecule has 0 spiro atoms. The number of nitrogens with one attached hydrogen (secondary N) is 1. The lowest BCUT2D eigenvalue weighted by atomic mass is 10.2. The minimum absolute atomic E-state index is 0.0163. The van der Waals surface area contributed by atoms with E-state index in [0.29, 0.717) is 11.3 Å². The Hall–Kier alpha value is -3.95. The van der Waals surface area contributed by atoms with Crippen LogP contribution >= 0.6 is 0 Å². The summed E-state index contributed by atoms with van der Waals surface area (Å²) in [6.45, 7) is 0.827. The fraction of sp³-hybridized carbons (Fsp3) is 0.167. The summed E-state index contributed by atoms with van der Waals surface area (Å²) >= 11 is 0. The van der Waals surface area contributed by atoms with E-state index in [2.05, 4.69) is 10.5 Å². The first-order valence-electron chi connectivity index (χ1n) is 7.95. The largest absolute Gasteiger partial charge is 0.493 e. The fourth-order valence-corrected chi connectivity index (χ4v) is 2.09. The van der Waals surface area contributed by atoms with Crippen molar-refractivity contribution in [3.8, 4) is 17.2 Å². The molecule has 0 saturated heterocycles. The van der Waals surface area contributed by atoms with Gasteiger partial charge in [-0.3, -0.25) is 19.7 Å². The number of rotatable bonds is 8. The first kappa shape index (κ1) is 20.4. The van der Waals surface area contributed by atoms with Crippen LogP contribution in [0.3, 0.4) is 0 Å². The van der Waals surface area contributed by atoms with Crippen LogP contribution in [0.4, 0.5) is 5.69 Å². The summed E-state index contributed by atoms with van der Waals surface area (Å²) in [5, 5.41) is 14.7. The fourth-order valence-electron chi connectivity index (χ4n) is 2.09. The topological polar surface area (TPSA) is 129 Å². The van der Waals surface area contributed by atoms with E-state index in [4.69, 9.17) is 14.2 Å². The first-order chi connectivity index (χ1) is 13.4. The average Bonchev–Trinajstić information content (AvgIpc) is 2.67. The number of amides is 1. The van der Waals surface area contributed by atoms with Crippen LogP contribution < -0.4 is 19.6 Å². The van der Waals surface area contributed by atoms with Crippen molar-refractivity contribution in [2.75, 3.05) is 13.7 Å². The SMILES string of the molecule is COc1cc(/C=N/NC(=O)COc2ccccc2[N+](=O)[O-])ccc1OC(C)=O. The van der Waals surface area contributed by atoms with Crippen molar-refractivity contribution in [1.82, 2.24) is 5.43 Å². The van der Waals surface area contributed by atoms with Gasteiger partial charge >= 0.3 is 11.7 Å². The molecular formula is C18H17N3O7. The normalized spacial score (nSPS) is 10.4. The maximum absolute atomic E-state index is 11.8. The summed E-state index contributed by atoms with van der Waals surface area (Å²) in [6.07, 6.45) is 1.35. The Kier molecular flexibility index (Phi) is 7.03. The van der Waals surface area contributed by atoms with E-state index in [-0.39, 0.29) is 17.2 Å². The van der Waals surface area contributed by atoms with Crippen molar-refractivity contribution in [1.29, 1.82) is 0 Å². The molecule has 0 aliphatic heterocycles. The minimum atomic E-state index is -0.599. The predicted octanol–water partition coefficient (Wildman–Crippen LogP) is 2.06. The van der Waals surface area contributed by atoms with Gasteiger partial charge in [0.25, 0.3) is 5.91 Å². The molecule has 0 atom stereocenters. The van der Waals surface area contributed by atoms with Gasteiger partial charge in [-0.05, 0) is 29.8 Å². The monoisotopic (exact) mass is 387 g/mol. The minimum Gasteiger partial charge on any atom is -0.493 e. The second-order valence-corrected chi connectivity index (χ2v) is 5.31. The second-order valence-electron chi connectivity index (χ2n) is 5.31. The molecule has 2 rings (SSSR count). The third-order valence-electron chi connectivity index (χ3n) is 3.26. The zero-order chi connectivity index (χ0) is 20.5. The van der Waals surface area contributed by atoms with Gasteiger partial charge in [-0.1, -0.05) is 12.1 Å². The van der Waals surface area contributed by atoms with Gasteiger partial charge in [0.2, 0.25) is 0 Å². The van der Waals surface area contributed by atoms with E-state index in [9.17, 15) is 19.7 Å². The van der Waals surface area contributed by atoms with Gasteiger partial charge in [0.15, 0.2) is 23.9 Å². The zero-order valence-corrected chi connectivity index (χ0v) is 15.1. The van der Waals surface area contributed by atoms with Crippen molar-refractivity contribution >= 4 is 23.8 Å². The van der Waals surface area contributed by atoms with Crippen LogP contribution in [0.1, 0.15) is 12.5 Å². The van der Waals surface area contributed by atoms with Crippen molar-refractivity contribution in [3.05, 3.63) is 58.1 Å². The number of nitrogens with zero attached hydrogens (tertiary/aromatic N) is 2. The lowest BCUT2D eigenvalue weighted by molar-refractivity contribution is -0.385. The molecule has 146 valence electrons. The molecule has 10 nitrogen and oxygen atoms in total. The number of hydrogen-bond donors (Lipinski definition) is 1. The van der Waals surface area contributed by atoms with Gasteiger partial charge in [0, 0.05) is 13.0 Å². The number of hydrogen-bond acceptors (Lipinski definition) is 8. The number of hydrazone groups is 1. The van der Waals surface area contributed by atoms with E-state index in [1.54, 1.807) is 18.2 Å². The third-order valence-corrected chi connectivity index (χ3v) is 3.26. The molecule has 0 unspecified atom stereocenters. The van der Waals surface area contributed by atoms with Gasteiger partial charge in [-0.15, -0.1) is 0 Å². The molecule has 2 aromatic carbocycles. The van der Waals surface area contributed by atoms with Crippen LogP contribution in [-0.2, 0) is 9.59 Å². The van der Waals surface area contributed by atoms with Gasteiger partial charge in [0.05, 0.1) is 18.2 Å². The first-order valence-corrected chi connectivity index (χ1v) is 7.95. The highest BCUT2D eigenvalue weighted by atomic mass is 16.6. The number of methoxy groups -OCH3 is 1. The van der Waals surface area contributed by atoms with Gasteiger partial charge in [-0.25, -0.2) is 5.43 Å². The standard InChI is InChI=1S/C18H17N3O7/c1-12(22)28-16-8-7-13(9-17(16)26-2)10-19-20-18(23)11-27-15-6-4-3-5-14(15)21(24)25/h3-10H,11H2,1-2H3,(H,20,23)/b19-10+. The Labute approximate surface area is 159 Å². The molecule has 28 heavy (non-hydrogen) atoms. The Morgan fingerprint density at radius 3 is 2.61 bits per heavy atom. The highest BCUT2D eigenvalue weighted by Gasteiger charge is 2.14. The summed E-state index contributed by atoms with van der Waals surface area (Å²) in [7, 11) is 1.42. The lowest BCUT2D eigenvalue weighted by Crippen LogP contribution is -2.24. The number of carbonyl (C=O) groups excluding carboxylic acids is 2. The van der Waals surface area contributed by atoms with E-state index in [1.807, 2.05) is 0 Å². The van der Waals surface area contributed by atoms with Crippen LogP contribution in [-0.4, -0.2) is 36.7 Å². The van der Waals surface area contributed by atoms with Crippen LogP contribution in [0.15, 0.2) is 47.6 Å². The molecule has 0 radical (unpaired) electrons. The van der Waals surface area contributed by atoms with Crippen LogP contribution in [0.25, 0.3) is 0 Å². The van der Waals surface area contributed by atoms with Crippen LogP contribution in [0, 0.1) is 10.1 Å². The van der Waals surface area contributed by atoms with E-state index < -0.39 is 23.4 Å². The predicted molar refractivity (Wildman–Crippen MR) is 98.6 cm³/mol. The van der Waals surface area contributed by atoms with E-state index >= 15 is 0 Å². The molecule has 0 fully saturated rings. The molecule has 2 aromatic rings. The highest BCUT2D eigenvalue weighted by Crippen LogP contribution is 2.27. The maximum Gasteiger partial charge on any atom is 0.310 e. The molecule has 0 saturated carbocycles. The summed E-state index contributed by atoms with van der Waals surface area (Å²) in [5.74, 6) is -0.514. The Morgan fingerprint density at radius 1 is 1.18 bits per heavy atom. The van der Waals surface area contributed by atoms with Crippen LogP contribution in [0.2, 0.25) is 0 Å². The van der Waals surface area contributed by atoms with E-state index in [0.717, 1.165) is 0 Å². The molecule has 0 aromatic heterocycles. The van der Waals surface area contributed by atoms with Crippen molar-refractivity contribution < 1.29 is 28.7 Å². The van der Waals surface area contributed by atoms with Gasteiger partial charge in [0.1, 0.15) is 0 Å². The van der Waals surface area contributed by atoms with E-state index in [1.165, 1.54) is 44.5 Å². The second kappa shape index (κ2) is 9.67. The molecule has 0 heterocycles. The van der Waals surface area contributed by atoms with Crippen molar-refractivity contribution in [3.63, 3.8) is 0 Å². The van der Waals surface area contributed by atoms with Crippen molar-refractivity contribution in [2.24, 2.45) is 5.10 Å². The average molecular weight is 387 g/mol. The summed E-state index contributed by atoms with van der Waals surface area (Å²) < 4.78 is 15.3. The molecule has 0 bridgehead atoms. The molecule has 0 aliphatic carbocycles. The quantitative estimate of drug-likeness (QED) is 0.241. The molecule has 10 heteroatoms. The Morgan fingerprint density at radius 2 is 1.93 bits per heavy atom. The molecular weight excluding hydrogens is 370 g/mol. The van der Waals surface area contributed by atoms with Crippen LogP contribution in [0.5, 0.6) is 17.2 Å². The smallest absolute Gasteiger partial charge is 0.310 e. The summed E-state index contributed by atoms with van der Waals surface area (Å²) in [6, 6.07) is 10.4. The lowest BCUT2D eigenvalue weighted by Gasteiger charge is -2.08. The Balaban J connectivity index is 1.93. The third kappa shape index (κ3) is 5.80. The summed E-state index contributed by atoms with van der Waals surface area (Å²) in [5.41, 5.74) is 2.58. The molecule has 1 amide bonds. The number of nitro benzene ring substituents is 1. The number of para-hydroxylation sites is 2. The number of benzene rings is 2.